The zero-order valence-electron chi connectivity index (χ0n) is 16.7. The summed E-state index contributed by atoms with van der Waals surface area (Å²) < 4.78 is 0. The van der Waals surface area contributed by atoms with E-state index in [1.54, 1.807) is 11.0 Å². The van der Waals surface area contributed by atoms with Gasteiger partial charge in [0.25, 0.3) is 0 Å². The molecule has 0 atom stereocenters. The van der Waals surface area contributed by atoms with Crippen LogP contribution >= 0.6 is 0 Å². The maximum atomic E-state index is 12.7. The number of carbonyl (C=O) groups is 2. The summed E-state index contributed by atoms with van der Waals surface area (Å²) >= 11 is 0. The van der Waals surface area contributed by atoms with Crippen molar-refractivity contribution in [3.63, 3.8) is 0 Å². The number of fused-ring (bicyclic) bond motifs is 1. The summed E-state index contributed by atoms with van der Waals surface area (Å²) in [6.45, 7) is 4.84. The molecule has 6 nitrogen and oxygen atoms in total. The average molecular weight is 390 g/mol. The minimum Gasteiger partial charge on any atom is -0.316 e. The van der Waals surface area contributed by atoms with Crippen LogP contribution in [0, 0.1) is 0 Å². The molecule has 6 heteroatoms. The number of urea groups is 1. The van der Waals surface area contributed by atoms with Gasteiger partial charge in [0, 0.05) is 31.6 Å². The number of hydrogen-bond donors (Lipinski definition) is 2. The summed E-state index contributed by atoms with van der Waals surface area (Å²) in [5.74, 6) is 0.440. The second-order valence-corrected chi connectivity index (χ2v) is 7.50. The third-order valence-electron chi connectivity index (χ3n) is 5.41. The Kier molecular flexibility index (Phi) is 5.71. The largest absolute Gasteiger partial charge is 0.323 e. The highest BCUT2D eigenvalue weighted by molar-refractivity contribution is 6.00. The first-order valence-electron chi connectivity index (χ1n) is 10.2. The maximum Gasteiger partial charge on any atom is 0.323 e. The van der Waals surface area contributed by atoms with Crippen molar-refractivity contribution in [2.24, 2.45) is 0 Å². The lowest BCUT2D eigenvalue weighted by Crippen LogP contribution is -2.30. The molecule has 2 amide bonds. The summed E-state index contributed by atoms with van der Waals surface area (Å²) in [7, 11) is 0. The second-order valence-electron chi connectivity index (χ2n) is 7.50. The highest BCUT2D eigenvalue weighted by atomic mass is 16.2. The standard InChI is InChI=1S/C23H26N4O2/c1-2-5-20(28)22-19(16-10-12-24-13-11-16)8-9-21(25-22)26-23(29)27-14-17-6-3-4-7-18(17)15-27/h3-4,6-10,24H,2,5,11-15H2,1H3,(H,25,26,29). The Bertz CT molecular complexity index is 942. The lowest BCUT2D eigenvalue weighted by Gasteiger charge is -2.19. The number of hydrogen-bond acceptors (Lipinski definition) is 4. The number of aromatic nitrogens is 1. The molecule has 0 radical (unpaired) electrons. The Morgan fingerprint density at radius 2 is 1.90 bits per heavy atom. The van der Waals surface area contributed by atoms with Gasteiger partial charge in [0.15, 0.2) is 5.78 Å². The Hall–Kier alpha value is -2.99. The van der Waals surface area contributed by atoms with Gasteiger partial charge in [-0.3, -0.25) is 10.1 Å². The first kappa shape index (κ1) is 19.3. The lowest BCUT2D eigenvalue weighted by atomic mass is 9.96. The number of anilines is 1. The molecule has 0 unspecified atom stereocenters. The quantitative estimate of drug-likeness (QED) is 0.757. The van der Waals surface area contributed by atoms with E-state index in [1.807, 2.05) is 37.3 Å². The molecule has 2 N–H and O–H groups in total. The molecule has 0 saturated carbocycles. The van der Waals surface area contributed by atoms with Crippen molar-refractivity contribution in [2.75, 3.05) is 18.4 Å². The molecule has 0 saturated heterocycles. The first-order chi connectivity index (χ1) is 14.2. The van der Waals surface area contributed by atoms with Crippen LogP contribution in [0.2, 0.25) is 0 Å². The predicted molar refractivity (Wildman–Crippen MR) is 114 cm³/mol. The summed E-state index contributed by atoms with van der Waals surface area (Å²) in [6.07, 6.45) is 4.20. The number of rotatable bonds is 5. The molecular formula is C23H26N4O2. The van der Waals surface area contributed by atoms with Gasteiger partial charge in [0.05, 0.1) is 0 Å². The summed E-state index contributed by atoms with van der Waals surface area (Å²) in [5, 5.41) is 6.17. The fraction of sp³-hybridized carbons (Fsp3) is 0.348. The smallest absolute Gasteiger partial charge is 0.316 e. The molecule has 0 bridgehead atoms. The number of amides is 2. The maximum absolute atomic E-state index is 12.7. The van der Waals surface area contributed by atoms with Crippen LogP contribution < -0.4 is 10.6 Å². The molecule has 0 spiro atoms. The number of nitrogens with one attached hydrogen (secondary N) is 2. The molecule has 150 valence electrons. The van der Waals surface area contributed by atoms with Gasteiger partial charge >= 0.3 is 6.03 Å². The number of benzene rings is 1. The van der Waals surface area contributed by atoms with Crippen molar-refractivity contribution >= 4 is 23.2 Å². The molecule has 0 fully saturated rings. The van der Waals surface area contributed by atoms with E-state index in [0.717, 1.165) is 37.1 Å². The van der Waals surface area contributed by atoms with E-state index in [-0.39, 0.29) is 11.8 Å². The van der Waals surface area contributed by atoms with Crippen LogP contribution in [-0.2, 0) is 13.1 Å². The van der Waals surface area contributed by atoms with Crippen molar-refractivity contribution in [1.29, 1.82) is 0 Å². The molecule has 1 aromatic heterocycles. The Morgan fingerprint density at radius 1 is 1.14 bits per heavy atom. The molecule has 2 aliphatic rings. The monoisotopic (exact) mass is 390 g/mol. The lowest BCUT2D eigenvalue weighted by molar-refractivity contribution is 0.0976. The van der Waals surface area contributed by atoms with E-state index >= 15 is 0 Å². The van der Waals surface area contributed by atoms with Crippen LogP contribution in [0.25, 0.3) is 5.57 Å². The second kappa shape index (κ2) is 8.57. The third-order valence-corrected chi connectivity index (χ3v) is 5.41. The van der Waals surface area contributed by atoms with Crippen LogP contribution in [0.1, 0.15) is 53.4 Å². The highest BCUT2D eigenvalue weighted by Crippen LogP contribution is 2.26. The first-order valence-corrected chi connectivity index (χ1v) is 10.2. The van der Waals surface area contributed by atoms with Gasteiger partial charge in [-0.2, -0.15) is 0 Å². The van der Waals surface area contributed by atoms with Crippen molar-refractivity contribution in [3.05, 3.63) is 64.9 Å². The zero-order valence-corrected chi connectivity index (χ0v) is 16.7. The van der Waals surface area contributed by atoms with Gasteiger partial charge in [-0.05, 0) is 48.2 Å². The molecule has 29 heavy (non-hydrogen) atoms. The van der Waals surface area contributed by atoms with E-state index in [4.69, 9.17) is 0 Å². The normalized spacial score (nSPS) is 15.6. The van der Waals surface area contributed by atoms with E-state index in [2.05, 4.69) is 21.7 Å². The predicted octanol–water partition coefficient (Wildman–Crippen LogP) is 3.99. The molecule has 4 rings (SSSR count). The van der Waals surface area contributed by atoms with Crippen LogP contribution in [-0.4, -0.2) is 34.8 Å². The minimum atomic E-state index is -0.198. The van der Waals surface area contributed by atoms with Gasteiger partial charge in [0.1, 0.15) is 11.5 Å². The van der Waals surface area contributed by atoms with Crippen molar-refractivity contribution < 1.29 is 9.59 Å². The molecule has 1 aromatic carbocycles. The average Bonchev–Trinajstić information content (AvgIpc) is 3.19. The Balaban J connectivity index is 1.55. The topological polar surface area (TPSA) is 74.3 Å². The SMILES string of the molecule is CCCC(=O)c1nc(NC(=O)N2Cc3ccccc3C2)ccc1C1=CCNCC1. The number of Topliss-reactive ketones (excluding diaryl/α,β-unsaturated/α-hetero) is 1. The van der Waals surface area contributed by atoms with Crippen LogP contribution in [0.3, 0.4) is 0 Å². The van der Waals surface area contributed by atoms with Crippen LogP contribution in [0.4, 0.5) is 10.6 Å². The van der Waals surface area contributed by atoms with Gasteiger partial charge in [-0.1, -0.05) is 37.3 Å². The Labute approximate surface area is 171 Å². The van der Waals surface area contributed by atoms with Gasteiger partial charge in [-0.25, -0.2) is 9.78 Å². The summed E-state index contributed by atoms with van der Waals surface area (Å²) in [6, 6.07) is 11.6. The van der Waals surface area contributed by atoms with Crippen LogP contribution in [0.5, 0.6) is 0 Å². The van der Waals surface area contributed by atoms with Crippen LogP contribution in [0.15, 0.2) is 42.5 Å². The van der Waals surface area contributed by atoms with Crippen molar-refractivity contribution in [3.8, 4) is 0 Å². The summed E-state index contributed by atoms with van der Waals surface area (Å²) in [4.78, 5) is 31.8. The number of nitrogens with zero attached hydrogens (tertiary/aromatic N) is 2. The van der Waals surface area contributed by atoms with E-state index < -0.39 is 0 Å². The molecule has 2 aromatic rings. The molecule has 3 heterocycles. The number of ketones is 1. The van der Waals surface area contributed by atoms with Gasteiger partial charge < -0.3 is 10.2 Å². The fourth-order valence-corrected chi connectivity index (χ4v) is 3.88. The van der Waals surface area contributed by atoms with Gasteiger partial charge in [-0.15, -0.1) is 0 Å². The Morgan fingerprint density at radius 3 is 2.55 bits per heavy atom. The minimum absolute atomic E-state index is 0.0200. The molecular weight excluding hydrogens is 364 g/mol. The fourth-order valence-electron chi connectivity index (χ4n) is 3.88. The highest BCUT2D eigenvalue weighted by Gasteiger charge is 2.24. The zero-order chi connectivity index (χ0) is 20.2. The summed E-state index contributed by atoms with van der Waals surface area (Å²) in [5.41, 5.74) is 4.83. The molecule has 0 aliphatic carbocycles. The number of pyridine rings is 1. The van der Waals surface area contributed by atoms with E-state index in [9.17, 15) is 9.59 Å². The van der Waals surface area contributed by atoms with E-state index in [0.29, 0.717) is 31.0 Å². The third kappa shape index (κ3) is 4.22. The van der Waals surface area contributed by atoms with E-state index in [1.165, 1.54) is 11.1 Å². The molecule has 2 aliphatic heterocycles. The van der Waals surface area contributed by atoms with Crippen molar-refractivity contribution in [2.45, 2.75) is 39.3 Å². The van der Waals surface area contributed by atoms with Gasteiger partial charge in [0.2, 0.25) is 0 Å². The van der Waals surface area contributed by atoms with Crippen molar-refractivity contribution in [1.82, 2.24) is 15.2 Å². The number of carbonyl (C=O) groups excluding carboxylic acids is 2.